The van der Waals surface area contributed by atoms with Crippen molar-refractivity contribution in [3.05, 3.63) is 35.4 Å². The fourth-order valence-electron chi connectivity index (χ4n) is 1.35. The van der Waals surface area contributed by atoms with Crippen LogP contribution in [-0.2, 0) is 14.3 Å². The number of nitriles is 1. The van der Waals surface area contributed by atoms with Gasteiger partial charge in [0.25, 0.3) is 0 Å². The van der Waals surface area contributed by atoms with Crippen LogP contribution in [0.2, 0.25) is 0 Å². The molecule has 1 aromatic rings. The summed E-state index contributed by atoms with van der Waals surface area (Å²) < 4.78 is 9.74. The number of carbonyl (C=O) groups excluding carboxylic acids is 1. The molecule has 0 saturated carbocycles. The van der Waals surface area contributed by atoms with Crippen molar-refractivity contribution >= 4 is 18.0 Å². The van der Waals surface area contributed by atoms with Gasteiger partial charge in [0.05, 0.1) is 6.61 Å². The molecule has 20 heavy (non-hydrogen) atoms. The molecule has 0 atom stereocenters. The number of hydrogen-bond donors (Lipinski definition) is 1. The Bertz CT molecular complexity index is 571. The molecule has 0 heterocycles. The maximum Gasteiger partial charge on any atom is 0.348 e. The Kier molecular flexibility index (Phi) is 5.78. The van der Waals surface area contributed by atoms with Crippen molar-refractivity contribution in [2.24, 2.45) is 0 Å². The zero-order valence-electron chi connectivity index (χ0n) is 10.8. The van der Waals surface area contributed by atoms with Gasteiger partial charge in [-0.05, 0) is 30.7 Å². The maximum atomic E-state index is 11.5. The van der Waals surface area contributed by atoms with Crippen LogP contribution in [0.15, 0.2) is 29.8 Å². The van der Waals surface area contributed by atoms with Crippen molar-refractivity contribution in [3.8, 4) is 11.8 Å². The van der Waals surface area contributed by atoms with E-state index in [-0.39, 0.29) is 12.2 Å². The lowest BCUT2D eigenvalue weighted by Gasteiger charge is -2.04. The third-order valence-electron chi connectivity index (χ3n) is 2.15. The third kappa shape index (κ3) is 4.82. The second-order valence-corrected chi connectivity index (χ2v) is 3.65. The quantitative estimate of drug-likeness (QED) is 0.481. The van der Waals surface area contributed by atoms with E-state index in [2.05, 4.69) is 0 Å². The summed E-state index contributed by atoms with van der Waals surface area (Å²) in [6.07, 6.45) is 1.35. The van der Waals surface area contributed by atoms with Gasteiger partial charge in [-0.3, -0.25) is 0 Å². The van der Waals surface area contributed by atoms with Crippen LogP contribution in [0.5, 0.6) is 5.75 Å². The zero-order chi connectivity index (χ0) is 15.0. The van der Waals surface area contributed by atoms with Crippen LogP contribution in [0.25, 0.3) is 6.08 Å². The van der Waals surface area contributed by atoms with E-state index in [9.17, 15) is 9.59 Å². The van der Waals surface area contributed by atoms with Gasteiger partial charge in [0.15, 0.2) is 6.61 Å². The minimum absolute atomic E-state index is 0.137. The Morgan fingerprint density at radius 3 is 2.80 bits per heavy atom. The van der Waals surface area contributed by atoms with Gasteiger partial charge in [-0.25, -0.2) is 9.59 Å². The second-order valence-electron chi connectivity index (χ2n) is 3.65. The van der Waals surface area contributed by atoms with Crippen molar-refractivity contribution in [1.29, 1.82) is 5.26 Å². The van der Waals surface area contributed by atoms with Gasteiger partial charge in [0.2, 0.25) is 0 Å². The van der Waals surface area contributed by atoms with E-state index >= 15 is 0 Å². The summed E-state index contributed by atoms with van der Waals surface area (Å²) in [5.74, 6) is -1.45. The van der Waals surface area contributed by atoms with Crippen LogP contribution in [0, 0.1) is 11.3 Å². The van der Waals surface area contributed by atoms with Gasteiger partial charge in [-0.15, -0.1) is 0 Å². The largest absolute Gasteiger partial charge is 0.482 e. The first-order valence-electron chi connectivity index (χ1n) is 5.80. The highest BCUT2D eigenvalue weighted by Crippen LogP contribution is 2.16. The minimum atomic E-state index is -1.09. The van der Waals surface area contributed by atoms with Crippen molar-refractivity contribution in [2.75, 3.05) is 13.2 Å². The number of carboxylic acids is 1. The number of benzene rings is 1. The highest BCUT2D eigenvalue weighted by atomic mass is 16.5. The van der Waals surface area contributed by atoms with Crippen molar-refractivity contribution in [1.82, 2.24) is 0 Å². The summed E-state index contributed by atoms with van der Waals surface area (Å²) in [7, 11) is 0. The summed E-state index contributed by atoms with van der Waals surface area (Å²) in [5, 5.41) is 17.4. The minimum Gasteiger partial charge on any atom is -0.482 e. The first-order valence-corrected chi connectivity index (χ1v) is 5.80. The van der Waals surface area contributed by atoms with Crippen LogP contribution < -0.4 is 4.74 Å². The van der Waals surface area contributed by atoms with Crippen LogP contribution in [0.4, 0.5) is 0 Å². The highest BCUT2D eigenvalue weighted by Gasteiger charge is 2.09. The van der Waals surface area contributed by atoms with E-state index < -0.39 is 18.5 Å². The van der Waals surface area contributed by atoms with Crippen LogP contribution in [0.3, 0.4) is 0 Å². The lowest BCUT2D eigenvalue weighted by molar-refractivity contribution is -0.139. The lowest BCUT2D eigenvalue weighted by Crippen LogP contribution is -2.09. The molecule has 104 valence electrons. The Morgan fingerprint density at radius 1 is 1.45 bits per heavy atom. The third-order valence-corrected chi connectivity index (χ3v) is 2.15. The van der Waals surface area contributed by atoms with E-state index in [1.54, 1.807) is 31.2 Å². The molecule has 0 unspecified atom stereocenters. The topological polar surface area (TPSA) is 96.6 Å². The summed E-state index contributed by atoms with van der Waals surface area (Å²) in [5.41, 5.74) is 0.403. The highest BCUT2D eigenvalue weighted by molar-refractivity contribution is 5.97. The maximum absolute atomic E-state index is 11.5. The van der Waals surface area contributed by atoms with Crippen LogP contribution in [-0.4, -0.2) is 30.3 Å². The smallest absolute Gasteiger partial charge is 0.348 e. The van der Waals surface area contributed by atoms with Crippen LogP contribution >= 0.6 is 0 Å². The molecule has 0 amide bonds. The molecular formula is C14H13NO5. The number of aliphatic carboxylic acids is 1. The van der Waals surface area contributed by atoms with Crippen molar-refractivity contribution in [3.63, 3.8) is 0 Å². The predicted molar refractivity (Wildman–Crippen MR) is 69.8 cm³/mol. The average molecular weight is 275 g/mol. The molecule has 0 spiro atoms. The molecule has 0 saturated heterocycles. The number of esters is 1. The molecule has 0 radical (unpaired) electrons. The van der Waals surface area contributed by atoms with Crippen molar-refractivity contribution in [2.45, 2.75) is 6.92 Å². The number of hydrogen-bond acceptors (Lipinski definition) is 5. The molecule has 1 N–H and O–H groups in total. The van der Waals surface area contributed by atoms with E-state index in [0.29, 0.717) is 11.3 Å². The molecule has 1 aromatic carbocycles. The summed E-state index contributed by atoms with van der Waals surface area (Å²) in [6.45, 7) is 1.36. The van der Waals surface area contributed by atoms with Gasteiger partial charge in [-0.2, -0.15) is 5.26 Å². The molecule has 6 nitrogen and oxygen atoms in total. The second kappa shape index (κ2) is 7.59. The Hall–Kier alpha value is -2.81. The summed E-state index contributed by atoms with van der Waals surface area (Å²) in [4.78, 5) is 21.9. The first-order chi connectivity index (χ1) is 9.56. The molecule has 0 aliphatic rings. The molecule has 0 fully saturated rings. The average Bonchev–Trinajstić information content (AvgIpc) is 2.43. The normalized spacial score (nSPS) is 10.5. The number of rotatable bonds is 6. The number of carbonyl (C=O) groups is 2. The molecule has 0 aromatic heterocycles. The molecule has 0 aliphatic carbocycles. The Labute approximate surface area is 115 Å². The van der Waals surface area contributed by atoms with Gasteiger partial charge >= 0.3 is 11.9 Å². The van der Waals surface area contributed by atoms with Gasteiger partial charge < -0.3 is 14.6 Å². The first kappa shape index (κ1) is 15.2. The monoisotopic (exact) mass is 275 g/mol. The Balaban J connectivity index is 2.90. The standard InChI is InChI=1S/C14H13NO5/c1-2-19-14(18)11(8-15)6-10-4-3-5-12(7-10)20-9-13(16)17/h3-7H,2,9H2,1H3,(H,16,17)/b11-6+. The van der Waals surface area contributed by atoms with E-state index in [4.69, 9.17) is 19.8 Å². The molecular weight excluding hydrogens is 262 g/mol. The molecule has 6 heteroatoms. The van der Waals surface area contributed by atoms with E-state index in [0.717, 1.165) is 0 Å². The SMILES string of the molecule is CCOC(=O)/C(C#N)=C/c1cccc(OCC(=O)O)c1. The fraction of sp³-hybridized carbons (Fsp3) is 0.214. The zero-order valence-corrected chi connectivity index (χ0v) is 10.8. The number of nitrogens with zero attached hydrogens (tertiary/aromatic N) is 1. The summed E-state index contributed by atoms with van der Waals surface area (Å²) in [6, 6.07) is 8.15. The van der Waals surface area contributed by atoms with Gasteiger partial charge in [0.1, 0.15) is 17.4 Å². The number of carboxylic acid groups (broad SMARTS) is 1. The number of ether oxygens (including phenoxy) is 2. The molecule has 0 bridgehead atoms. The van der Waals surface area contributed by atoms with Gasteiger partial charge in [0, 0.05) is 0 Å². The van der Waals surface area contributed by atoms with E-state index in [1.807, 2.05) is 0 Å². The molecule has 1 rings (SSSR count). The Morgan fingerprint density at radius 2 is 2.20 bits per heavy atom. The summed E-state index contributed by atoms with van der Waals surface area (Å²) >= 11 is 0. The lowest BCUT2D eigenvalue weighted by atomic mass is 10.1. The van der Waals surface area contributed by atoms with E-state index in [1.165, 1.54) is 12.1 Å². The fourth-order valence-corrected chi connectivity index (χ4v) is 1.35. The predicted octanol–water partition coefficient (Wildman–Crippen LogP) is 1.62. The van der Waals surface area contributed by atoms with Crippen LogP contribution in [0.1, 0.15) is 12.5 Å². The molecule has 0 aliphatic heterocycles. The van der Waals surface area contributed by atoms with Gasteiger partial charge in [-0.1, -0.05) is 12.1 Å². The van der Waals surface area contributed by atoms with Crippen molar-refractivity contribution < 1.29 is 24.2 Å².